The first-order chi connectivity index (χ1) is 9.90. The molecule has 0 amide bonds. The van der Waals surface area contributed by atoms with Crippen LogP contribution in [0, 0.1) is 0 Å². The Bertz CT molecular complexity index is 524. The molecule has 1 saturated carbocycles. The van der Waals surface area contributed by atoms with E-state index in [0.29, 0.717) is 11.4 Å². The quantitative estimate of drug-likeness (QED) is 0.665. The summed E-state index contributed by atoms with van der Waals surface area (Å²) in [4.78, 5) is -0.108. The SMILES string of the molecule is CC1(C)c2ccccc2C(C)(C)C12O[C@@H]1CCCC[C@H]1S2. The lowest BCUT2D eigenvalue weighted by atomic mass is 9.77. The highest BCUT2D eigenvalue weighted by Gasteiger charge is 2.68. The van der Waals surface area contributed by atoms with Gasteiger partial charge < -0.3 is 4.74 Å². The first-order valence-corrected chi connectivity index (χ1v) is 9.24. The van der Waals surface area contributed by atoms with Crippen molar-refractivity contribution in [1.29, 1.82) is 0 Å². The predicted molar refractivity (Wildman–Crippen MR) is 89.9 cm³/mol. The van der Waals surface area contributed by atoms with Gasteiger partial charge in [-0.25, -0.2) is 0 Å². The summed E-state index contributed by atoms with van der Waals surface area (Å²) in [5.41, 5.74) is 3.10. The molecule has 0 bridgehead atoms. The molecular formula is C19H26OS. The van der Waals surface area contributed by atoms with E-state index in [9.17, 15) is 0 Å². The Kier molecular flexibility index (Phi) is 2.89. The third-order valence-corrected chi connectivity index (χ3v) is 8.49. The molecule has 1 aromatic rings. The molecule has 0 aromatic heterocycles. The van der Waals surface area contributed by atoms with Crippen LogP contribution in [0.3, 0.4) is 0 Å². The van der Waals surface area contributed by atoms with Crippen molar-refractivity contribution in [3.05, 3.63) is 35.4 Å². The van der Waals surface area contributed by atoms with Gasteiger partial charge in [-0.1, -0.05) is 64.8 Å². The molecule has 1 spiro atoms. The molecule has 0 unspecified atom stereocenters. The third-order valence-electron chi connectivity index (χ3n) is 6.20. The summed E-state index contributed by atoms with van der Waals surface area (Å²) >= 11 is 2.15. The zero-order valence-electron chi connectivity index (χ0n) is 13.6. The molecule has 114 valence electrons. The normalized spacial score (nSPS) is 34.7. The Morgan fingerprint density at radius 3 is 2.10 bits per heavy atom. The van der Waals surface area contributed by atoms with Crippen LogP contribution in [-0.4, -0.2) is 16.3 Å². The van der Waals surface area contributed by atoms with Crippen molar-refractivity contribution in [3.63, 3.8) is 0 Å². The fraction of sp³-hybridized carbons (Fsp3) is 0.684. The highest BCUT2D eigenvalue weighted by atomic mass is 32.2. The van der Waals surface area contributed by atoms with Crippen LogP contribution in [-0.2, 0) is 15.6 Å². The largest absolute Gasteiger partial charge is 0.358 e. The molecule has 1 nitrogen and oxygen atoms in total. The highest BCUT2D eigenvalue weighted by molar-refractivity contribution is 8.01. The van der Waals surface area contributed by atoms with Gasteiger partial charge in [0.1, 0.15) is 4.93 Å². The first kappa shape index (κ1) is 14.1. The van der Waals surface area contributed by atoms with Crippen LogP contribution >= 0.6 is 11.8 Å². The summed E-state index contributed by atoms with van der Waals surface area (Å²) in [5, 5.41) is 0.701. The minimum absolute atomic E-state index is 0.0646. The van der Waals surface area contributed by atoms with Crippen molar-refractivity contribution in [2.75, 3.05) is 0 Å². The zero-order valence-corrected chi connectivity index (χ0v) is 14.4. The van der Waals surface area contributed by atoms with Gasteiger partial charge in [-0.2, -0.15) is 0 Å². The molecule has 1 heterocycles. The molecule has 2 fully saturated rings. The molecule has 21 heavy (non-hydrogen) atoms. The number of thioether (sulfide) groups is 1. The number of hydrogen-bond donors (Lipinski definition) is 0. The summed E-state index contributed by atoms with van der Waals surface area (Å²) < 4.78 is 6.89. The molecule has 1 saturated heterocycles. The molecule has 2 atom stereocenters. The van der Waals surface area contributed by atoms with E-state index in [1.165, 1.54) is 36.8 Å². The maximum atomic E-state index is 6.89. The van der Waals surface area contributed by atoms with Crippen molar-refractivity contribution < 1.29 is 4.74 Å². The van der Waals surface area contributed by atoms with E-state index in [1.54, 1.807) is 0 Å². The van der Waals surface area contributed by atoms with E-state index in [4.69, 9.17) is 4.74 Å². The third kappa shape index (κ3) is 1.59. The number of fused-ring (bicyclic) bond motifs is 2. The summed E-state index contributed by atoms with van der Waals surface area (Å²) in [6.07, 6.45) is 5.77. The molecule has 0 radical (unpaired) electrons. The molecule has 4 rings (SSSR count). The number of hydrogen-bond acceptors (Lipinski definition) is 2. The lowest BCUT2D eigenvalue weighted by Gasteiger charge is -2.45. The standard InChI is InChI=1S/C19H26OS/c1-17(2)13-9-5-6-10-14(13)18(3,4)19(17)20-15-11-7-8-12-16(15)21-19/h5-6,9-10,15-16H,7-8,11-12H2,1-4H3/t15-,16-/m1/s1. The molecule has 1 aromatic carbocycles. The maximum absolute atomic E-state index is 6.89. The topological polar surface area (TPSA) is 9.23 Å². The Balaban J connectivity index is 1.86. The summed E-state index contributed by atoms with van der Waals surface area (Å²) in [6, 6.07) is 9.00. The fourth-order valence-electron chi connectivity index (χ4n) is 5.08. The number of rotatable bonds is 0. The van der Waals surface area contributed by atoms with Gasteiger partial charge in [-0.05, 0) is 24.0 Å². The molecular weight excluding hydrogens is 276 g/mol. The van der Waals surface area contributed by atoms with E-state index in [2.05, 4.69) is 63.7 Å². The lowest BCUT2D eigenvalue weighted by Crippen LogP contribution is -2.52. The van der Waals surface area contributed by atoms with Gasteiger partial charge in [0.05, 0.1) is 6.10 Å². The second-order valence-electron chi connectivity index (χ2n) is 8.01. The van der Waals surface area contributed by atoms with Gasteiger partial charge in [0.2, 0.25) is 0 Å². The van der Waals surface area contributed by atoms with Crippen molar-refractivity contribution in [3.8, 4) is 0 Å². The van der Waals surface area contributed by atoms with Crippen LogP contribution in [0.15, 0.2) is 24.3 Å². The molecule has 2 aliphatic carbocycles. The van der Waals surface area contributed by atoms with Gasteiger partial charge in [0.25, 0.3) is 0 Å². The van der Waals surface area contributed by atoms with Gasteiger partial charge in [0.15, 0.2) is 0 Å². The van der Waals surface area contributed by atoms with Crippen LogP contribution in [0.4, 0.5) is 0 Å². The minimum Gasteiger partial charge on any atom is -0.358 e. The van der Waals surface area contributed by atoms with Gasteiger partial charge in [-0.3, -0.25) is 0 Å². The van der Waals surface area contributed by atoms with E-state index in [-0.39, 0.29) is 15.8 Å². The predicted octanol–water partition coefficient (Wildman–Crippen LogP) is 5.03. The summed E-state index contributed by atoms with van der Waals surface area (Å²) in [6.45, 7) is 9.58. The second kappa shape index (κ2) is 4.29. The van der Waals surface area contributed by atoms with Crippen LogP contribution in [0.1, 0.15) is 64.5 Å². The second-order valence-corrected chi connectivity index (χ2v) is 9.43. The molecule has 3 aliphatic rings. The van der Waals surface area contributed by atoms with Crippen LogP contribution in [0.25, 0.3) is 0 Å². The van der Waals surface area contributed by atoms with Crippen molar-refractivity contribution in [1.82, 2.24) is 0 Å². The van der Waals surface area contributed by atoms with Crippen molar-refractivity contribution in [2.45, 2.75) is 80.5 Å². The minimum atomic E-state index is -0.108. The Morgan fingerprint density at radius 2 is 1.52 bits per heavy atom. The maximum Gasteiger partial charge on any atom is 0.132 e. The first-order valence-electron chi connectivity index (χ1n) is 8.36. The average Bonchev–Trinajstić information content (AvgIpc) is 2.93. The van der Waals surface area contributed by atoms with Crippen LogP contribution in [0.5, 0.6) is 0 Å². The molecule has 0 N–H and O–H groups in total. The van der Waals surface area contributed by atoms with Gasteiger partial charge in [0, 0.05) is 16.1 Å². The highest BCUT2D eigenvalue weighted by Crippen LogP contribution is 2.68. The van der Waals surface area contributed by atoms with Crippen molar-refractivity contribution in [2.24, 2.45) is 0 Å². The van der Waals surface area contributed by atoms with Crippen LogP contribution in [0.2, 0.25) is 0 Å². The monoisotopic (exact) mass is 302 g/mol. The number of benzene rings is 1. The van der Waals surface area contributed by atoms with E-state index >= 15 is 0 Å². The zero-order chi connectivity index (χ0) is 14.9. The Morgan fingerprint density at radius 1 is 0.952 bits per heavy atom. The summed E-state index contributed by atoms with van der Waals surface area (Å²) in [5.74, 6) is 0. The Hall–Kier alpha value is -0.470. The Labute approximate surface area is 132 Å². The van der Waals surface area contributed by atoms with Gasteiger partial charge >= 0.3 is 0 Å². The lowest BCUT2D eigenvalue weighted by molar-refractivity contribution is -0.0871. The smallest absolute Gasteiger partial charge is 0.132 e. The van der Waals surface area contributed by atoms with E-state index < -0.39 is 0 Å². The molecule has 1 aliphatic heterocycles. The van der Waals surface area contributed by atoms with E-state index in [1.807, 2.05) is 0 Å². The van der Waals surface area contributed by atoms with E-state index in [0.717, 1.165) is 0 Å². The summed E-state index contributed by atoms with van der Waals surface area (Å²) in [7, 11) is 0. The average molecular weight is 302 g/mol. The number of ether oxygens (including phenoxy) is 1. The van der Waals surface area contributed by atoms with Crippen molar-refractivity contribution >= 4 is 11.8 Å². The molecule has 2 heteroatoms. The van der Waals surface area contributed by atoms with Gasteiger partial charge in [-0.15, -0.1) is 11.8 Å². The fourth-order valence-corrected chi connectivity index (χ4v) is 7.13. The van der Waals surface area contributed by atoms with Crippen LogP contribution < -0.4 is 0 Å².